The van der Waals surface area contributed by atoms with Gasteiger partial charge >= 0.3 is 0 Å². The van der Waals surface area contributed by atoms with Gasteiger partial charge in [0, 0.05) is 24.0 Å². The van der Waals surface area contributed by atoms with Gasteiger partial charge < -0.3 is 10.4 Å². The summed E-state index contributed by atoms with van der Waals surface area (Å²) < 4.78 is 0. The number of aryl methyl sites for hydroxylation is 1. The Bertz CT molecular complexity index is 321. The Labute approximate surface area is 91.5 Å². The van der Waals surface area contributed by atoms with Crippen LogP contribution in [0.2, 0.25) is 0 Å². The van der Waals surface area contributed by atoms with Crippen LogP contribution in [-0.2, 0) is 6.54 Å². The molecule has 0 saturated carbocycles. The maximum Gasteiger partial charge on any atom is 0.0688 e. The maximum atomic E-state index is 9.55. The molecule has 0 aromatic carbocycles. The molecule has 3 nitrogen and oxygen atoms in total. The molecule has 1 heterocycles. The van der Waals surface area contributed by atoms with E-state index in [0.717, 1.165) is 12.2 Å². The van der Waals surface area contributed by atoms with E-state index in [1.54, 1.807) is 13.1 Å². The molecule has 0 saturated heterocycles. The van der Waals surface area contributed by atoms with Crippen LogP contribution in [0, 0.1) is 6.92 Å². The van der Waals surface area contributed by atoms with Crippen molar-refractivity contribution < 1.29 is 5.11 Å². The van der Waals surface area contributed by atoms with Gasteiger partial charge in [-0.05, 0) is 39.3 Å². The first-order valence-corrected chi connectivity index (χ1v) is 5.27. The number of hydrogen-bond donors (Lipinski definition) is 2. The van der Waals surface area contributed by atoms with E-state index in [4.69, 9.17) is 0 Å². The molecule has 84 valence electrons. The molecule has 0 aliphatic heterocycles. The van der Waals surface area contributed by atoms with Gasteiger partial charge in [-0.2, -0.15) is 0 Å². The number of rotatable bonds is 4. The van der Waals surface area contributed by atoms with Gasteiger partial charge in [0.25, 0.3) is 0 Å². The van der Waals surface area contributed by atoms with E-state index < -0.39 is 0 Å². The normalized spacial score (nSPS) is 13.9. The Morgan fingerprint density at radius 2 is 2.20 bits per heavy atom. The van der Waals surface area contributed by atoms with E-state index in [2.05, 4.69) is 10.3 Å². The van der Waals surface area contributed by atoms with Crippen LogP contribution in [0.4, 0.5) is 0 Å². The Morgan fingerprint density at radius 1 is 1.53 bits per heavy atom. The lowest BCUT2D eigenvalue weighted by Crippen LogP contribution is -2.47. The van der Waals surface area contributed by atoms with Gasteiger partial charge in [0.2, 0.25) is 0 Å². The summed E-state index contributed by atoms with van der Waals surface area (Å²) in [4.78, 5) is 4.22. The largest absolute Gasteiger partial charge is 0.392 e. The molecule has 1 atom stereocenters. The molecule has 3 heteroatoms. The second kappa shape index (κ2) is 4.73. The number of aliphatic hydroxyl groups excluding tert-OH is 1. The van der Waals surface area contributed by atoms with Crippen molar-refractivity contribution in [1.29, 1.82) is 0 Å². The molecule has 0 aliphatic carbocycles. The van der Waals surface area contributed by atoms with E-state index in [1.165, 1.54) is 5.56 Å². The molecule has 2 N–H and O–H groups in total. The van der Waals surface area contributed by atoms with Gasteiger partial charge in [0.05, 0.1) is 6.10 Å². The second-order valence-electron chi connectivity index (χ2n) is 4.50. The first-order chi connectivity index (χ1) is 6.93. The average Bonchev–Trinajstić information content (AvgIpc) is 2.16. The molecule has 0 radical (unpaired) electrons. The lowest BCUT2D eigenvalue weighted by atomic mass is 9.98. The zero-order valence-electron chi connectivity index (χ0n) is 9.91. The molecule has 1 unspecified atom stereocenters. The maximum absolute atomic E-state index is 9.55. The summed E-state index contributed by atoms with van der Waals surface area (Å²) in [6.45, 7) is 8.50. The van der Waals surface area contributed by atoms with Crippen molar-refractivity contribution in [2.45, 2.75) is 45.9 Å². The molecule has 1 rings (SSSR count). The number of nitrogens with zero attached hydrogens (tertiary/aromatic N) is 1. The minimum Gasteiger partial charge on any atom is -0.392 e. The van der Waals surface area contributed by atoms with Crippen molar-refractivity contribution in [3.05, 3.63) is 29.6 Å². The van der Waals surface area contributed by atoms with Crippen LogP contribution < -0.4 is 5.32 Å². The van der Waals surface area contributed by atoms with Crippen molar-refractivity contribution in [1.82, 2.24) is 10.3 Å². The van der Waals surface area contributed by atoms with Crippen molar-refractivity contribution in [3.63, 3.8) is 0 Å². The van der Waals surface area contributed by atoms with E-state index >= 15 is 0 Å². The van der Waals surface area contributed by atoms with Gasteiger partial charge in [-0.1, -0.05) is 6.07 Å². The first-order valence-electron chi connectivity index (χ1n) is 5.27. The summed E-state index contributed by atoms with van der Waals surface area (Å²) in [5.74, 6) is 0. The zero-order valence-corrected chi connectivity index (χ0v) is 9.91. The number of nitrogens with one attached hydrogen (secondary N) is 1. The molecular weight excluding hydrogens is 188 g/mol. The Hall–Kier alpha value is -0.930. The lowest BCUT2D eigenvalue weighted by Gasteiger charge is -2.29. The van der Waals surface area contributed by atoms with E-state index in [0.29, 0.717) is 0 Å². The molecule has 0 aliphatic rings. The predicted molar refractivity (Wildman–Crippen MR) is 61.6 cm³/mol. The molecule has 0 amide bonds. The van der Waals surface area contributed by atoms with Gasteiger partial charge in [-0.25, -0.2) is 0 Å². The highest BCUT2D eigenvalue weighted by atomic mass is 16.3. The average molecular weight is 208 g/mol. The van der Waals surface area contributed by atoms with Crippen molar-refractivity contribution in [2.75, 3.05) is 0 Å². The Balaban J connectivity index is 2.62. The number of aromatic nitrogens is 1. The van der Waals surface area contributed by atoms with Crippen molar-refractivity contribution in [3.8, 4) is 0 Å². The number of pyridine rings is 1. The third-order valence-electron chi connectivity index (χ3n) is 2.90. The summed E-state index contributed by atoms with van der Waals surface area (Å²) in [6, 6.07) is 3.98. The minimum atomic E-state index is -0.380. The molecule has 1 aromatic rings. The van der Waals surface area contributed by atoms with Crippen LogP contribution in [0.5, 0.6) is 0 Å². The van der Waals surface area contributed by atoms with E-state index in [1.807, 2.05) is 32.9 Å². The summed E-state index contributed by atoms with van der Waals surface area (Å²) >= 11 is 0. The van der Waals surface area contributed by atoms with Gasteiger partial charge in [-0.3, -0.25) is 4.98 Å². The summed E-state index contributed by atoms with van der Waals surface area (Å²) in [7, 11) is 0. The third-order valence-corrected chi connectivity index (χ3v) is 2.90. The Kier molecular flexibility index (Phi) is 3.83. The van der Waals surface area contributed by atoms with Crippen LogP contribution in [0.3, 0.4) is 0 Å². The van der Waals surface area contributed by atoms with Crippen molar-refractivity contribution in [2.24, 2.45) is 0 Å². The van der Waals surface area contributed by atoms with E-state index in [-0.39, 0.29) is 11.6 Å². The standard InChI is InChI=1S/C12H20N2O/c1-9-11(6-5-7-13-9)8-14-12(3,4)10(2)15/h5-7,10,14-15H,8H2,1-4H3. The molecule has 0 fully saturated rings. The van der Waals surface area contributed by atoms with Crippen LogP contribution >= 0.6 is 0 Å². The first kappa shape index (κ1) is 12.1. The topological polar surface area (TPSA) is 45.2 Å². The fourth-order valence-corrected chi connectivity index (χ4v) is 1.18. The van der Waals surface area contributed by atoms with Crippen molar-refractivity contribution >= 4 is 0 Å². The lowest BCUT2D eigenvalue weighted by molar-refractivity contribution is 0.0956. The molecule has 0 spiro atoms. The van der Waals surface area contributed by atoms with Crippen LogP contribution in [-0.4, -0.2) is 21.7 Å². The zero-order chi connectivity index (χ0) is 11.5. The van der Waals surface area contributed by atoms with E-state index in [9.17, 15) is 5.11 Å². The quantitative estimate of drug-likeness (QED) is 0.790. The number of aliphatic hydroxyl groups is 1. The fraction of sp³-hybridized carbons (Fsp3) is 0.583. The Morgan fingerprint density at radius 3 is 2.73 bits per heavy atom. The monoisotopic (exact) mass is 208 g/mol. The van der Waals surface area contributed by atoms with Gasteiger partial charge in [-0.15, -0.1) is 0 Å². The summed E-state index contributed by atoms with van der Waals surface area (Å²) in [5, 5.41) is 12.9. The molecule has 0 bridgehead atoms. The smallest absolute Gasteiger partial charge is 0.0688 e. The van der Waals surface area contributed by atoms with Crippen LogP contribution in [0.25, 0.3) is 0 Å². The minimum absolute atomic E-state index is 0.276. The molecule has 1 aromatic heterocycles. The summed E-state index contributed by atoms with van der Waals surface area (Å²) in [6.07, 6.45) is 1.41. The van der Waals surface area contributed by atoms with Gasteiger partial charge in [0.15, 0.2) is 0 Å². The molecule has 15 heavy (non-hydrogen) atoms. The third kappa shape index (κ3) is 3.29. The van der Waals surface area contributed by atoms with Crippen LogP contribution in [0.15, 0.2) is 18.3 Å². The predicted octanol–water partition coefficient (Wildman–Crippen LogP) is 1.64. The SMILES string of the molecule is Cc1ncccc1CNC(C)(C)C(C)O. The highest BCUT2D eigenvalue weighted by Gasteiger charge is 2.22. The van der Waals surface area contributed by atoms with Gasteiger partial charge in [0.1, 0.15) is 0 Å². The highest BCUT2D eigenvalue weighted by Crippen LogP contribution is 2.11. The second-order valence-corrected chi connectivity index (χ2v) is 4.50. The van der Waals surface area contributed by atoms with Crippen LogP contribution in [0.1, 0.15) is 32.0 Å². The summed E-state index contributed by atoms with van der Waals surface area (Å²) in [5.41, 5.74) is 1.93. The molecular formula is C12H20N2O. The number of hydrogen-bond acceptors (Lipinski definition) is 3. The fourth-order valence-electron chi connectivity index (χ4n) is 1.18. The highest BCUT2D eigenvalue weighted by molar-refractivity contribution is 5.18.